The predicted molar refractivity (Wildman–Crippen MR) is 145 cm³/mol. The summed E-state index contributed by atoms with van der Waals surface area (Å²) in [6.45, 7) is -0.175. The van der Waals surface area contributed by atoms with Crippen molar-refractivity contribution in [1.82, 2.24) is 0 Å². The van der Waals surface area contributed by atoms with Crippen molar-refractivity contribution in [3.05, 3.63) is 89.0 Å². The zero-order valence-electron chi connectivity index (χ0n) is 21.8. The van der Waals surface area contributed by atoms with Crippen LogP contribution in [0.3, 0.4) is 0 Å². The molecule has 5 rings (SSSR count). The Kier molecular flexibility index (Phi) is 7.63. The van der Waals surface area contributed by atoms with E-state index in [0.29, 0.717) is 6.07 Å². The van der Waals surface area contributed by atoms with Crippen molar-refractivity contribution in [2.75, 3.05) is 18.0 Å². The van der Waals surface area contributed by atoms with Gasteiger partial charge in [0.1, 0.15) is 11.9 Å². The standard InChI is InChI=1S/C30H28F3NO5S/c1-38-29(35)15-13-24-19-34(40(36,37)25-10-5-9-23(18-25)30(31,32)33)27-17-20(12-14-28(27)39-24)16-22-8-4-7-21-6-2-3-11-26(21)22/h2-3,5-6,9-12,14,16-18,24H,4,7-8,13,15,19H2,1H3/t24-/m0/s1. The third kappa shape index (κ3) is 5.72. The molecule has 3 aromatic carbocycles. The molecule has 1 aliphatic carbocycles. The first kappa shape index (κ1) is 27.8. The highest BCUT2D eigenvalue weighted by Crippen LogP contribution is 2.41. The van der Waals surface area contributed by atoms with E-state index >= 15 is 0 Å². The number of carbonyl (C=O) groups excluding carboxylic acids is 1. The van der Waals surface area contributed by atoms with Gasteiger partial charge in [-0.2, -0.15) is 13.2 Å². The highest BCUT2D eigenvalue weighted by atomic mass is 32.2. The lowest BCUT2D eigenvalue weighted by Crippen LogP contribution is -2.43. The second kappa shape index (κ2) is 11.0. The van der Waals surface area contributed by atoms with Crippen molar-refractivity contribution in [2.45, 2.75) is 49.3 Å². The Bertz CT molecular complexity index is 1570. The largest absolute Gasteiger partial charge is 0.486 e. The molecule has 0 saturated heterocycles. The van der Waals surface area contributed by atoms with Crippen molar-refractivity contribution in [1.29, 1.82) is 0 Å². The number of anilines is 1. The van der Waals surface area contributed by atoms with Gasteiger partial charge in [0, 0.05) is 6.42 Å². The van der Waals surface area contributed by atoms with Gasteiger partial charge in [0.25, 0.3) is 10.0 Å². The smallest absolute Gasteiger partial charge is 0.416 e. The average Bonchev–Trinajstić information content (AvgIpc) is 2.95. The highest BCUT2D eigenvalue weighted by molar-refractivity contribution is 7.92. The monoisotopic (exact) mass is 571 g/mol. The van der Waals surface area contributed by atoms with Crippen LogP contribution in [-0.4, -0.2) is 34.1 Å². The number of nitrogens with zero attached hydrogens (tertiary/aromatic N) is 1. The molecule has 40 heavy (non-hydrogen) atoms. The first-order valence-corrected chi connectivity index (χ1v) is 14.4. The molecule has 0 N–H and O–H groups in total. The lowest BCUT2D eigenvalue weighted by Gasteiger charge is -2.35. The van der Waals surface area contributed by atoms with Crippen molar-refractivity contribution < 1.29 is 35.9 Å². The minimum atomic E-state index is -4.70. The van der Waals surface area contributed by atoms with E-state index in [0.717, 1.165) is 58.5 Å². The molecule has 6 nitrogen and oxygen atoms in total. The molecule has 2 aliphatic rings. The van der Waals surface area contributed by atoms with Crippen molar-refractivity contribution >= 4 is 33.3 Å². The molecule has 1 aliphatic heterocycles. The molecule has 0 fully saturated rings. The number of ether oxygens (including phenoxy) is 2. The van der Waals surface area contributed by atoms with Crippen LogP contribution in [0.5, 0.6) is 5.75 Å². The number of rotatable bonds is 6. The number of allylic oxidation sites excluding steroid dienone is 1. The van der Waals surface area contributed by atoms with Crippen LogP contribution in [0, 0.1) is 0 Å². The SMILES string of the molecule is COC(=O)CC[C@H]1CN(S(=O)(=O)c2cccc(C(F)(F)F)c2)c2cc(C=C3CCCc4ccccc43)ccc2O1. The van der Waals surface area contributed by atoms with Crippen LogP contribution >= 0.6 is 0 Å². The Balaban J connectivity index is 1.56. The van der Waals surface area contributed by atoms with Gasteiger partial charge in [0.05, 0.1) is 29.8 Å². The van der Waals surface area contributed by atoms with E-state index in [9.17, 15) is 26.4 Å². The van der Waals surface area contributed by atoms with Gasteiger partial charge in [-0.15, -0.1) is 0 Å². The third-order valence-corrected chi connectivity index (χ3v) is 8.93. The fourth-order valence-electron chi connectivity index (χ4n) is 5.14. The number of methoxy groups -OCH3 is 1. The van der Waals surface area contributed by atoms with Crippen LogP contribution in [0.15, 0.2) is 71.6 Å². The zero-order chi connectivity index (χ0) is 28.5. The van der Waals surface area contributed by atoms with Crippen LogP contribution in [0.2, 0.25) is 0 Å². The maximum Gasteiger partial charge on any atom is 0.416 e. The first-order chi connectivity index (χ1) is 19.1. The van der Waals surface area contributed by atoms with Crippen LogP contribution < -0.4 is 9.04 Å². The topological polar surface area (TPSA) is 72.9 Å². The van der Waals surface area contributed by atoms with Gasteiger partial charge < -0.3 is 9.47 Å². The summed E-state index contributed by atoms with van der Waals surface area (Å²) in [7, 11) is -3.16. The second-order valence-electron chi connectivity index (χ2n) is 9.82. The number of alkyl halides is 3. The Hall–Kier alpha value is -3.79. The quantitative estimate of drug-likeness (QED) is 0.316. The fourth-order valence-corrected chi connectivity index (χ4v) is 6.69. The van der Waals surface area contributed by atoms with E-state index < -0.39 is 38.7 Å². The lowest BCUT2D eigenvalue weighted by atomic mass is 9.86. The predicted octanol–water partition coefficient (Wildman–Crippen LogP) is 6.49. The summed E-state index contributed by atoms with van der Waals surface area (Å²) in [5, 5.41) is 0. The number of halogens is 3. The van der Waals surface area contributed by atoms with Gasteiger partial charge >= 0.3 is 12.1 Å². The van der Waals surface area contributed by atoms with Crippen molar-refractivity contribution in [3.63, 3.8) is 0 Å². The fraction of sp³-hybridized carbons (Fsp3) is 0.300. The summed E-state index contributed by atoms with van der Waals surface area (Å²) < 4.78 is 79.7. The van der Waals surface area contributed by atoms with Crippen molar-refractivity contribution in [3.8, 4) is 5.75 Å². The van der Waals surface area contributed by atoms with Gasteiger partial charge in [-0.25, -0.2) is 8.42 Å². The number of hydrogen-bond acceptors (Lipinski definition) is 5. The molecular weight excluding hydrogens is 543 g/mol. The van der Waals surface area contributed by atoms with Gasteiger partial charge in [-0.1, -0.05) is 42.5 Å². The molecular formula is C30H28F3NO5S. The van der Waals surface area contributed by atoms with E-state index in [1.54, 1.807) is 12.1 Å². The van der Waals surface area contributed by atoms with E-state index in [4.69, 9.17) is 9.47 Å². The Morgan fingerprint density at radius 1 is 1.07 bits per heavy atom. The van der Waals surface area contributed by atoms with E-state index in [-0.39, 0.29) is 30.8 Å². The molecule has 10 heteroatoms. The molecule has 0 spiro atoms. The molecule has 1 heterocycles. The number of esters is 1. The minimum Gasteiger partial charge on any atom is -0.486 e. The molecule has 0 bridgehead atoms. The third-order valence-electron chi connectivity index (χ3n) is 7.16. The maximum absolute atomic E-state index is 13.8. The number of sulfonamides is 1. The number of benzene rings is 3. The molecule has 0 amide bonds. The summed E-state index contributed by atoms with van der Waals surface area (Å²) in [4.78, 5) is 11.3. The van der Waals surface area contributed by atoms with Crippen LogP contribution in [0.25, 0.3) is 11.6 Å². The number of aryl methyl sites for hydroxylation is 1. The first-order valence-electron chi connectivity index (χ1n) is 12.9. The number of fused-ring (bicyclic) bond motifs is 2. The zero-order valence-corrected chi connectivity index (χ0v) is 22.6. The summed E-state index contributed by atoms with van der Waals surface area (Å²) in [6, 6.07) is 17.0. The highest BCUT2D eigenvalue weighted by Gasteiger charge is 2.37. The molecule has 3 aromatic rings. The molecule has 0 unspecified atom stereocenters. The van der Waals surface area contributed by atoms with Gasteiger partial charge in [-0.3, -0.25) is 9.10 Å². The normalized spacial score (nSPS) is 18.1. The lowest BCUT2D eigenvalue weighted by molar-refractivity contribution is -0.141. The second-order valence-corrected chi connectivity index (χ2v) is 11.7. The molecule has 0 radical (unpaired) electrons. The molecule has 0 aromatic heterocycles. The van der Waals surface area contributed by atoms with E-state index in [1.807, 2.05) is 24.3 Å². The van der Waals surface area contributed by atoms with E-state index in [2.05, 4.69) is 12.1 Å². The van der Waals surface area contributed by atoms with Crippen LogP contribution in [-0.2, 0) is 32.2 Å². The van der Waals surface area contributed by atoms with Crippen LogP contribution in [0.1, 0.15) is 47.9 Å². The Morgan fingerprint density at radius 3 is 2.65 bits per heavy atom. The van der Waals surface area contributed by atoms with Gasteiger partial charge in [0.15, 0.2) is 0 Å². The van der Waals surface area contributed by atoms with Gasteiger partial charge in [0.2, 0.25) is 0 Å². The van der Waals surface area contributed by atoms with Crippen LogP contribution in [0.4, 0.5) is 18.9 Å². The summed E-state index contributed by atoms with van der Waals surface area (Å²) in [5.74, 6) is -0.209. The Labute approximate surface area is 231 Å². The number of carbonyl (C=O) groups is 1. The minimum absolute atomic E-state index is 0.00244. The molecule has 210 valence electrons. The maximum atomic E-state index is 13.8. The summed E-state index contributed by atoms with van der Waals surface area (Å²) in [5.41, 5.74) is 3.44. The average molecular weight is 572 g/mol. The number of hydrogen-bond donors (Lipinski definition) is 0. The summed E-state index contributed by atoms with van der Waals surface area (Å²) in [6.07, 6.45) is -0.380. The molecule has 1 atom stereocenters. The van der Waals surface area contributed by atoms with Gasteiger partial charge in [-0.05, 0) is 78.3 Å². The summed E-state index contributed by atoms with van der Waals surface area (Å²) >= 11 is 0. The molecule has 0 saturated carbocycles. The van der Waals surface area contributed by atoms with Crippen molar-refractivity contribution in [2.24, 2.45) is 0 Å². The van der Waals surface area contributed by atoms with E-state index in [1.165, 1.54) is 12.7 Å². The Morgan fingerprint density at radius 2 is 1.88 bits per heavy atom.